The Morgan fingerprint density at radius 1 is 1.17 bits per heavy atom. The first-order valence-electron chi connectivity index (χ1n) is 11.2. The fourth-order valence-corrected chi connectivity index (χ4v) is 5.63. The molecule has 0 fully saturated rings. The average molecular weight is 518 g/mol. The molecule has 1 amide bonds. The number of hydrogen-bond acceptors (Lipinski definition) is 7. The molecule has 10 heteroatoms. The third kappa shape index (κ3) is 6.12. The number of benzene rings is 2. The van der Waals surface area contributed by atoms with Crippen LogP contribution in [0.5, 0.6) is 11.5 Å². The van der Waals surface area contributed by atoms with Crippen molar-refractivity contribution in [3.63, 3.8) is 0 Å². The van der Waals surface area contributed by atoms with Gasteiger partial charge in [0.25, 0.3) is 10.0 Å². The zero-order valence-electron chi connectivity index (χ0n) is 20.7. The molecule has 35 heavy (non-hydrogen) atoms. The Bertz CT molecular complexity index is 1320. The maximum atomic E-state index is 13.3. The predicted molar refractivity (Wildman–Crippen MR) is 140 cm³/mol. The second-order valence-corrected chi connectivity index (χ2v) is 11.9. The van der Waals surface area contributed by atoms with Gasteiger partial charge in [-0.05, 0) is 60.9 Å². The van der Waals surface area contributed by atoms with E-state index in [4.69, 9.17) is 4.74 Å². The van der Waals surface area contributed by atoms with Crippen molar-refractivity contribution in [3.8, 4) is 21.9 Å². The molecule has 188 valence electrons. The number of rotatable bonds is 8. The van der Waals surface area contributed by atoms with Crippen LogP contribution in [0.25, 0.3) is 10.4 Å². The van der Waals surface area contributed by atoms with E-state index >= 15 is 0 Å². The minimum atomic E-state index is -4.02. The Labute approximate surface area is 210 Å². The molecule has 1 aromatic heterocycles. The van der Waals surface area contributed by atoms with E-state index in [1.165, 1.54) is 42.7 Å². The van der Waals surface area contributed by atoms with Gasteiger partial charge in [0, 0.05) is 11.1 Å². The summed E-state index contributed by atoms with van der Waals surface area (Å²) in [5.41, 5.74) is 2.08. The standard InChI is InChI=1S/C25H31N3O5S2/c1-7-8-16-13-20(33-6)21(35(31,32)28-17-9-11-18(29)12-10-17)14-19(16)22-15(2)26-24(34-22)27-23(30)25(3,4)5/h9-14,28-29H,7-8H2,1-6H3,(H,26,27,30). The third-order valence-electron chi connectivity index (χ3n) is 5.26. The molecule has 0 spiro atoms. The summed E-state index contributed by atoms with van der Waals surface area (Å²) in [5.74, 6) is 0.112. The van der Waals surface area contributed by atoms with Crippen molar-refractivity contribution in [2.75, 3.05) is 17.1 Å². The molecule has 0 radical (unpaired) electrons. The van der Waals surface area contributed by atoms with Crippen LogP contribution in [0, 0.1) is 12.3 Å². The summed E-state index contributed by atoms with van der Waals surface area (Å²) in [6.45, 7) is 9.35. The minimum absolute atomic E-state index is 0.0176. The monoisotopic (exact) mass is 517 g/mol. The van der Waals surface area contributed by atoms with Gasteiger partial charge in [-0.2, -0.15) is 0 Å². The highest BCUT2D eigenvalue weighted by Crippen LogP contribution is 2.40. The number of ether oxygens (including phenoxy) is 1. The summed E-state index contributed by atoms with van der Waals surface area (Å²) >= 11 is 1.31. The first-order chi connectivity index (χ1) is 16.4. The zero-order valence-corrected chi connectivity index (χ0v) is 22.4. The number of anilines is 2. The van der Waals surface area contributed by atoms with E-state index < -0.39 is 15.4 Å². The fraction of sp³-hybridized carbons (Fsp3) is 0.360. The summed E-state index contributed by atoms with van der Waals surface area (Å²) < 4.78 is 34.7. The minimum Gasteiger partial charge on any atom is -0.508 e. The van der Waals surface area contributed by atoms with E-state index in [1.54, 1.807) is 12.1 Å². The second-order valence-electron chi connectivity index (χ2n) is 9.20. The number of aromatic hydroxyl groups is 1. The highest BCUT2D eigenvalue weighted by atomic mass is 32.2. The lowest BCUT2D eigenvalue weighted by Gasteiger charge is -2.17. The van der Waals surface area contributed by atoms with Gasteiger partial charge in [0.2, 0.25) is 5.91 Å². The Balaban J connectivity index is 2.10. The van der Waals surface area contributed by atoms with Gasteiger partial charge in [-0.1, -0.05) is 45.5 Å². The Morgan fingerprint density at radius 2 is 1.83 bits per heavy atom. The first kappa shape index (κ1) is 26.5. The van der Waals surface area contributed by atoms with Gasteiger partial charge in [0.05, 0.1) is 17.7 Å². The number of phenolic OH excluding ortho intramolecular Hbond substituents is 1. The maximum Gasteiger partial charge on any atom is 0.265 e. The van der Waals surface area contributed by atoms with E-state index in [1.807, 2.05) is 34.6 Å². The number of nitrogens with zero attached hydrogens (tertiary/aromatic N) is 1. The Kier molecular flexibility index (Phi) is 7.76. The molecule has 3 rings (SSSR count). The molecule has 0 atom stereocenters. The van der Waals surface area contributed by atoms with Crippen LogP contribution >= 0.6 is 11.3 Å². The van der Waals surface area contributed by atoms with Gasteiger partial charge >= 0.3 is 0 Å². The van der Waals surface area contributed by atoms with Crippen LogP contribution in [-0.4, -0.2) is 31.5 Å². The number of amides is 1. The van der Waals surface area contributed by atoms with Gasteiger partial charge in [0.15, 0.2) is 5.13 Å². The molecule has 0 aliphatic carbocycles. The second kappa shape index (κ2) is 10.2. The summed E-state index contributed by atoms with van der Waals surface area (Å²) in [6.07, 6.45) is 1.55. The smallest absolute Gasteiger partial charge is 0.265 e. The molecule has 0 aliphatic rings. The number of phenols is 1. The summed E-state index contributed by atoms with van der Waals surface area (Å²) in [5, 5.41) is 12.8. The fourth-order valence-electron chi connectivity index (χ4n) is 3.38. The van der Waals surface area contributed by atoms with Crippen molar-refractivity contribution in [2.45, 2.75) is 52.4 Å². The van der Waals surface area contributed by atoms with E-state index in [2.05, 4.69) is 15.0 Å². The number of sulfonamides is 1. The van der Waals surface area contributed by atoms with Gasteiger partial charge < -0.3 is 15.2 Å². The van der Waals surface area contributed by atoms with E-state index in [0.29, 0.717) is 22.9 Å². The molecule has 0 aliphatic heterocycles. The number of methoxy groups -OCH3 is 1. The van der Waals surface area contributed by atoms with Crippen LogP contribution in [0.2, 0.25) is 0 Å². The molecular formula is C25H31N3O5S2. The highest BCUT2D eigenvalue weighted by Gasteiger charge is 2.26. The van der Waals surface area contributed by atoms with E-state index in [0.717, 1.165) is 22.4 Å². The lowest BCUT2D eigenvalue weighted by Crippen LogP contribution is -2.27. The van der Waals surface area contributed by atoms with E-state index in [9.17, 15) is 18.3 Å². The van der Waals surface area contributed by atoms with Crippen LogP contribution in [0.3, 0.4) is 0 Å². The molecule has 2 aromatic carbocycles. The van der Waals surface area contributed by atoms with Gasteiger partial charge in [-0.3, -0.25) is 9.52 Å². The van der Waals surface area contributed by atoms with Crippen molar-refractivity contribution < 1.29 is 23.1 Å². The molecule has 1 heterocycles. The van der Waals surface area contributed by atoms with Crippen molar-refractivity contribution in [1.82, 2.24) is 4.98 Å². The number of carbonyl (C=O) groups is 1. The lowest BCUT2D eigenvalue weighted by molar-refractivity contribution is -0.123. The van der Waals surface area contributed by atoms with Gasteiger partial charge in [-0.25, -0.2) is 13.4 Å². The zero-order chi connectivity index (χ0) is 26.0. The van der Waals surface area contributed by atoms with Crippen LogP contribution in [0.1, 0.15) is 45.4 Å². The molecule has 0 unspecified atom stereocenters. The molecule has 0 saturated carbocycles. The van der Waals surface area contributed by atoms with Crippen LogP contribution in [0.4, 0.5) is 10.8 Å². The molecule has 0 bridgehead atoms. The molecule has 0 saturated heterocycles. The van der Waals surface area contributed by atoms with Crippen LogP contribution in [0.15, 0.2) is 41.3 Å². The number of hydrogen-bond donors (Lipinski definition) is 3. The number of thiazole rings is 1. The van der Waals surface area contributed by atoms with E-state index in [-0.39, 0.29) is 22.3 Å². The number of aromatic nitrogens is 1. The predicted octanol–water partition coefficient (Wildman–Crippen LogP) is 5.57. The molecule has 8 nitrogen and oxygen atoms in total. The molecule has 3 N–H and O–H groups in total. The highest BCUT2D eigenvalue weighted by molar-refractivity contribution is 7.92. The molecular weight excluding hydrogens is 486 g/mol. The number of nitrogens with one attached hydrogen (secondary N) is 2. The number of aryl methyl sites for hydroxylation is 2. The summed E-state index contributed by atoms with van der Waals surface area (Å²) in [6, 6.07) is 9.10. The summed E-state index contributed by atoms with van der Waals surface area (Å²) in [7, 11) is -2.58. The average Bonchev–Trinajstić information content (AvgIpc) is 3.14. The van der Waals surface area contributed by atoms with Gasteiger partial charge in [0.1, 0.15) is 16.4 Å². The van der Waals surface area contributed by atoms with Crippen molar-refractivity contribution in [2.24, 2.45) is 5.41 Å². The van der Waals surface area contributed by atoms with Crippen LogP contribution < -0.4 is 14.8 Å². The lowest BCUT2D eigenvalue weighted by atomic mass is 9.96. The Morgan fingerprint density at radius 3 is 2.40 bits per heavy atom. The third-order valence-corrected chi connectivity index (χ3v) is 7.77. The van der Waals surface area contributed by atoms with Gasteiger partial charge in [-0.15, -0.1) is 0 Å². The largest absolute Gasteiger partial charge is 0.508 e. The molecule has 3 aromatic rings. The summed E-state index contributed by atoms with van der Waals surface area (Å²) in [4.78, 5) is 17.7. The Hall–Kier alpha value is -3.11. The van der Waals surface area contributed by atoms with Crippen molar-refractivity contribution in [1.29, 1.82) is 0 Å². The number of carbonyl (C=O) groups excluding carboxylic acids is 1. The van der Waals surface area contributed by atoms with Crippen molar-refractivity contribution in [3.05, 3.63) is 47.7 Å². The van der Waals surface area contributed by atoms with Crippen molar-refractivity contribution >= 4 is 38.1 Å². The van der Waals surface area contributed by atoms with Crippen LogP contribution in [-0.2, 0) is 21.2 Å². The first-order valence-corrected chi connectivity index (χ1v) is 13.5. The maximum absolute atomic E-state index is 13.3. The topological polar surface area (TPSA) is 118 Å². The quantitative estimate of drug-likeness (QED) is 0.336. The SMILES string of the molecule is CCCc1cc(OC)c(S(=O)(=O)Nc2ccc(O)cc2)cc1-c1sc(NC(=O)C(C)(C)C)nc1C. The normalized spacial score (nSPS) is 11.8.